The molecule has 1 nitrogen and oxygen atoms in total. The molecule has 0 aliphatic heterocycles. The van der Waals surface area contributed by atoms with Crippen LogP contribution in [0.25, 0.3) is 21.7 Å². The van der Waals surface area contributed by atoms with Crippen molar-refractivity contribution < 1.29 is 0 Å². The third kappa shape index (κ3) is 1.33. The molecule has 0 atom stereocenters. The van der Waals surface area contributed by atoms with Crippen LogP contribution >= 0.6 is 15.9 Å². The fourth-order valence-electron chi connectivity index (χ4n) is 1.88. The van der Waals surface area contributed by atoms with Gasteiger partial charge in [-0.15, -0.1) is 0 Å². The fourth-order valence-corrected chi connectivity index (χ4v) is 2.45. The summed E-state index contributed by atoms with van der Waals surface area (Å²) in [7, 11) is 0. The Morgan fingerprint density at radius 2 is 1.60 bits per heavy atom. The molecule has 1 heterocycles. The second-order valence-electron chi connectivity index (χ2n) is 3.47. The Kier molecular flexibility index (Phi) is 1.96. The number of halogens is 1. The Morgan fingerprint density at radius 1 is 0.867 bits per heavy atom. The molecule has 0 saturated heterocycles. The van der Waals surface area contributed by atoms with E-state index in [1.54, 1.807) is 0 Å². The molecule has 3 aromatic rings. The minimum atomic E-state index is 1.03. The SMILES string of the molecule is Brc1cc2ncccc2c2ccccc12. The molecule has 1 aromatic heterocycles. The first-order valence-corrected chi connectivity index (χ1v) is 5.57. The number of rotatable bonds is 0. The largest absolute Gasteiger partial charge is 0.256 e. The van der Waals surface area contributed by atoms with Crippen molar-refractivity contribution in [3.8, 4) is 0 Å². The van der Waals surface area contributed by atoms with E-state index in [0.29, 0.717) is 0 Å². The average molecular weight is 258 g/mol. The van der Waals surface area contributed by atoms with E-state index in [-0.39, 0.29) is 0 Å². The zero-order valence-corrected chi connectivity index (χ0v) is 9.53. The molecule has 0 aliphatic carbocycles. The highest BCUT2D eigenvalue weighted by Crippen LogP contribution is 2.30. The van der Waals surface area contributed by atoms with Crippen molar-refractivity contribution in [3.63, 3.8) is 0 Å². The van der Waals surface area contributed by atoms with Crippen LogP contribution in [0.1, 0.15) is 0 Å². The smallest absolute Gasteiger partial charge is 0.0719 e. The van der Waals surface area contributed by atoms with Crippen LogP contribution in [0, 0.1) is 0 Å². The maximum absolute atomic E-state index is 4.36. The van der Waals surface area contributed by atoms with Gasteiger partial charge in [-0.2, -0.15) is 0 Å². The van der Waals surface area contributed by atoms with Crippen molar-refractivity contribution in [2.24, 2.45) is 0 Å². The van der Waals surface area contributed by atoms with E-state index in [0.717, 1.165) is 9.99 Å². The van der Waals surface area contributed by atoms with Gasteiger partial charge in [0, 0.05) is 16.1 Å². The Hall–Kier alpha value is -1.41. The van der Waals surface area contributed by atoms with Gasteiger partial charge in [0.05, 0.1) is 5.52 Å². The van der Waals surface area contributed by atoms with Gasteiger partial charge in [-0.25, -0.2) is 0 Å². The topological polar surface area (TPSA) is 12.9 Å². The van der Waals surface area contributed by atoms with E-state index in [2.05, 4.69) is 57.3 Å². The first-order chi connectivity index (χ1) is 7.36. The predicted molar refractivity (Wildman–Crippen MR) is 66.9 cm³/mol. The van der Waals surface area contributed by atoms with Crippen molar-refractivity contribution in [2.75, 3.05) is 0 Å². The monoisotopic (exact) mass is 257 g/mol. The molecule has 0 radical (unpaired) electrons. The van der Waals surface area contributed by atoms with Gasteiger partial charge in [-0.3, -0.25) is 4.98 Å². The number of fused-ring (bicyclic) bond motifs is 3. The predicted octanol–water partition coefficient (Wildman–Crippen LogP) is 4.15. The molecule has 0 saturated carbocycles. The van der Waals surface area contributed by atoms with E-state index < -0.39 is 0 Å². The minimum Gasteiger partial charge on any atom is -0.256 e. The van der Waals surface area contributed by atoms with Crippen molar-refractivity contribution in [2.45, 2.75) is 0 Å². The average Bonchev–Trinajstić information content (AvgIpc) is 2.30. The summed E-state index contributed by atoms with van der Waals surface area (Å²) in [6, 6.07) is 14.5. The molecule has 0 fully saturated rings. The summed E-state index contributed by atoms with van der Waals surface area (Å²) >= 11 is 3.58. The maximum Gasteiger partial charge on any atom is 0.0719 e. The normalized spacial score (nSPS) is 11.0. The zero-order chi connectivity index (χ0) is 10.3. The lowest BCUT2D eigenvalue weighted by molar-refractivity contribution is 1.42. The summed E-state index contributed by atoms with van der Waals surface area (Å²) in [5.74, 6) is 0. The molecule has 0 aliphatic rings. The van der Waals surface area contributed by atoms with E-state index in [9.17, 15) is 0 Å². The van der Waals surface area contributed by atoms with Crippen LogP contribution in [0.15, 0.2) is 53.1 Å². The Morgan fingerprint density at radius 3 is 2.47 bits per heavy atom. The Labute approximate surface area is 95.9 Å². The van der Waals surface area contributed by atoms with Crippen LogP contribution in [0.2, 0.25) is 0 Å². The molecule has 0 amide bonds. The van der Waals surface area contributed by atoms with Crippen LogP contribution in [-0.4, -0.2) is 4.98 Å². The van der Waals surface area contributed by atoms with Gasteiger partial charge in [-0.05, 0) is 22.9 Å². The quantitative estimate of drug-likeness (QED) is 0.552. The highest BCUT2D eigenvalue weighted by molar-refractivity contribution is 9.10. The Balaban J connectivity index is 2.64. The number of benzene rings is 2. The summed E-state index contributed by atoms with van der Waals surface area (Å²) in [5.41, 5.74) is 1.03. The van der Waals surface area contributed by atoms with Crippen LogP contribution in [0.5, 0.6) is 0 Å². The third-order valence-corrected chi connectivity index (χ3v) is 3.23. The summed E-state index contributed by atoms with van der Waals surface area (Å²) in [6.45, 7) is 0. The number of nitrogens with zero attached hydrogens (tertiary/aromatic N) is 1. The summed E-state index contributed by atoms with van der Waals surface area (Å²) in [4.78, 5) is 4.36. The summed E-state index contributed by atoms with van der Waals surface area (Å²) in [6.07, 6.45) is 1.82. The lowest BCUT2D eigenvalue weighted by Gasteiger charge is -2.04. The second-order valence-corrected chi connectivity index (χ2v) is 4.33. The molecule has 0 spiro atoms. The van der Waals surface area contributed by atoms with E-state index in [1.165, 1.54) is 16.2 Å². The van der Waals surface area contributed by atoms with Crippen LogP contribution in [-0.2, 0) is 0 Å². The number of hydrogen-bond acceptors (Lipinski definition) is 1. The molecular weight excluding hydrogens is 250 g/mol. The number of aromatic nitrogens is 1. The van der Waals surface area contributed by atoms with Gasteiger partial charge in [-0.1, -0.05) is 46.3 Å². The van der Waals surface area contributed by atoms with E-state index >= 15 is 0 Å². The van der Waals surface area contributed by atoms with Crippen LogP contribution < -0.4 is 0 Å². The second kappa shape index (κ2) is 3.31. The van der Waals surface area contributed by atoms with Gasteiger partial charge < -0.3 is 0 Å². The molecule has 0 N–H and O–H groups in total. The first-order valence-electron chi connectivity index (χ1n) is 4.78. The number of pyridine rings is 1. The lowest BCUT2D eigenvalue weighted by atomic mass is 10.1. The maximum atomic E-state index is 4.36. The van der Waals surface area contributed by atoms with Gasteiger partial charge >= 0.3 is 0 Å². The fraction of sp³-hybridized carbons (Fsp3) is 0. The molecular formula is C13H8BrN. The van der Waals surface area contributed by atoms with E-state index in [4.69, 9.17) is 0 Å². The molecule has 3 rings (SSSR count). The van der Waals surface area contributed by atoms with Gasteiger partial charge in [0.2, 0.25) is 0 Å². The molecule has 15 heavy (non-hydrogen) atoms. The highest BCUT2D eigenvalue weighted by Gasteiger charge is 2.03. The summed E-state index contributed by atoms with van der Waals surface area (Å²) < 4.78 is 1.10. The van der Waals surface area contributed by atoms with Crippen molar-refractivity contribution in [1.29, 1.82) is 0 Å². The minimum absolute atomic E-state index is 1.03. The zero-order valence-electron chi connectivity index (χ0n) is 7.94. The Bertz CT molecular complexity index is 646. The molecule has 0 bridgehead atoms. The van der Waals surface area contributed by atoms with Crippen LogP contribution in [0.4, 0.5) is 0 Å². The molecule has 2 aromatic carbocycles. The molecule has 2 heteroatoms. The van der Waals surface area contributed by atoms with Gasteiger partial charge in [0.1, 0.15) is 0 Å². The van der Waals surface area contributed by atoms with Crippen molar-refractivity contribution in [1.82, 2.24) is 4.98 Å². The number of hydrogen-bond donors (Lipinski definition) is 0. The molecule has 0 unspecified atom stereocenters. The first kappa shape index (κ1) is 8.86. The third-order valence-electron chi connectivity index (χ3n) is 2.58. The highest BCUT2D eigenvalue weighted by atomic mass is 79.9. The van der Waals surface area contributed by atoms with Crippen molar-refractivity contribution in [3.05, 3.63) is 53.1 Å². The standard InChI is InChI=1S/C13H8BrN/c14-12-8-13-11(6-3-7-15-13)9-4-1-2-5-10(9)12/h1-8H. The summed E-state index contributed by atoms with van der Waals surface area (Å²) in [5, 5.41) is 3.68. The van der Waals surface area contributed by atoms with Crippen molar-refractivity contribution >= 4 is 37.6 Å². The van der Waals surface area contributed by atoms with E-state index in [1.807, 2.05) is 12.3 Å². The van der Waals surface area contributed by atoms with Crippen LogP contribution in [0.3, 0.4) is 0 Å². The van der Waals surface area contributed by atoms with Gasteiger partial charge in [0.15, 0.2) is 0 Å². The lowest BCUT2D eigenvalue weighted by Crippen LogP contribution is -1.81. The molecule has 72 valence electrons. The van der Waals surface area contributed by atoms with Gasteiger partial charge in [0.25, 0.3) is 0 Å².